The highest BCUT2D eigenvalue weighted by Gasteiger charge is 2.29. The van der Waals surface area contributed by atoms with Gasteiger partial charge in [-0.05, 0) is 25.3 Å². The third-order valence-electron chi connectivity index (χ3n) is 3.45. The quantitative estimate of drug-likeness (QED) is 0.613. The highest BCUT2D eigenvalue weighted by Crippen LogP contribution is 2.26. The molecule has 0 N–H and O–H groups in total. The van der Waals surface area contributed by atoms with Crippen LogP contribution in [0.3, 0.4) is 0 Å². The Balaban J connectivity index is 1.92. The van der Waals surface area contributed by atoms with Crippen molar-refractivity contribution in [1.82, 2.24) is 4.90 Å². The molecule has 0 atom stereocenters. The molecule has 0 aliphatic carbocycles. The van der Waals surface area contributed by atoms with E-state index in [4.69, 9.17) is 0 Å². The summed E-state index contributed by atoms with van der Waals surface area (Å²) in [7, 11) is 0. The molecule has 2 rings (SSSR count). The Hall–Kier alpha value is -1.49. The second-order valence-corrected chi connectivity index (χ2v) is 5.11. The van der Waals surface area contributed by atoms with Crippen molar-refractivity contribution in [1.29, 1.82) is 0 Å². The van der Waals surface area contributed by atoms with Gasteiger partial charge < -0.3 is 0 Å². The molecule has 5 heteroatoms. The van der Waals surface area contributed by atoms with Crippen molar-refractivity contribution in [2.24, 2.45) is 0 Å². The first-order valence-corrected chi connectivity index (χ1v) is 6.11. The van der Waals surface area contributed by atoms with Gasteiger partial charge in [-0.3, -0.25) is 15.0 Å². The molecule has 0 saturated carbocycles. The largest absolute Gasteiger partial charge is 0.299 e. The zero-order valence-corrected chi connectivity index (χ0v) is 10.4. The molecule has 18 heavy (non-hydrogen) atoms. The topological polar surface area (TPSA) is 46.4 Å². The lowest BCUT2D eigenvalue weighted by Gasteiger charge is -2.34. The van der Waals surface area contributed by atoms with E-state index in [9.17, 15) is 14.5 Å². The average Bonchev–Trinajstić information content (AvgIpc) is 2.33. The van der Waals surface area contributed by atoms with Crippen molar-refractivity contribution in [2.75, 3.05) is 13.1 Å². The summed E-state index contributed by atoms with van der Waals surface area (Å²) in [5.74, 6) is 0. The zero-order valence-electron chi connectivity index (χ0n) is 10.4. The van der Waals surface area contributed by atoms with E-state index in [0.717, 1.165) is 25.2 Å². The Morgan fingerprint density at radius 2 is 1.89 bits per heavy atom. The minimum absolute atomic E-state index is 0.105. The molecule has 1 aromatic carbocycles. The highest BCUT2D eigenvalue weighted by molar-refractivity contribution is 5.32. The van der Waals surface area contributed by atoms with Crippen LogP contribution < -0.4 is 0 Å². The third-order valence-corrected chi connectivity index (χ3v) is 3.45. The monoisotopic (exact) mass is 252 g/mol. The van der Waals surface area contributed by atoms with Gasteiger partial charge in [0.1, 0.15) is 5.67 Å². The summed E-state index contributed by atoms with van der Waals surface area (Å²) in [5.41, 5.74) is 0.100. The van der Waals surface area contributed by atoms with Gasteiger partial charge in [-0.2, -0.15) is 0 Å². The molecule has 0 radical (unpaired) electrons. The number of nitro benzene ring substituents is 1. The highest BCUT2D eigenvalue weighted by atomic mass is 19.1. The second-order valence-electron chi connectivity index (χ2n) is 5.11. The number of nitro groups is 1. The first kappa shape index (κ1) is 13.0. The summed E-state index contributed by atoms with van der Waals surface area (Å²) in [5, 5.41) is 10.5. The lowest BCUT2D eigenvalue weighted by atomic mass is 9.95. The predicted molar refractivity (Wildman–Crippen MR) is 67.1 cm³/mol. The van der Waals surface area contributed by atoms with Crippen molar-refractivity contribution in [3.05, 3.63) is 39.9 Å². The van der Waals surface area contributed by atoms with Crippen molar-refractivity contribution in [2.45, 2.75) is 32.0 Å². The normalized spacial score (nSPS) is 19.7. The molecule has 0 spiro atoms. The molecule has 1 heterocycles. The number of hydrogen-bond donors (Lipinski definition) is 0. The van der Waals surface area contributed by atoms with Crippen LogP contribution in [0.4, 0.5) is 10.1 Å². The smallest absolute Gasteiger partial charge is 0.269 e. The first-order chi connectivity index (χ1) is 8.46. The van der Waals surface area contributed by atoms with Crippen LogP contribution in [-0.4, -0.2) is 28.6 Å². The third kappa shape index (κ3) is 3.26. The fraction of sp³-hybridized carbons (Fsp3) is 0.538. The molecule has 1 fully saturated rings. The molecule has 98 valence electrons. The van der Waals surface area contributed by atoms with E-state index < -0.39 is 10.6 Å². The molecule has 0 bridgehead atoms. The van der Waals surface area contributed by atoms with Gasteiger partial charge in [0, 0.05) is 31.8 Å². The van der Waals surface area contributed by atoms with Crippen LogP contribution in [0, 0.1) is 10.1 Å². The zero-order chi connectivity index (χ0) is 13.2. The van der Waals surface area contributed by atoms with Crippen LogP contribution >= 0.6 is 0 Å². The summed E-state index contributed by atoms with van der Waals surface area (Å²) in [6.45, 7) is 3.86. The molecular formula is C13H17FN2O2. The number of piperidine rings is 1. The van der Waals surface area contributed by atoms with Crippen LogP contribution in [0.15, 0.2) is 24.3 Å². The number of likely N-dealkylation sites (tertiary alicyclic amines) is 1. The number of rotatable bonds is 3. The summed E-state index contributed by atoms with van der Waals surface area (Å²) in [6, 6.07) is 6.56. The van der Waals surface area contributed by atoms with Crippen LogP contribution in [0.25, 0.3) is 0 Å². The maximum absolute atomic E-state index is 13.6. The van der Waals surface area contributed by atoms with Gasteiger partial charge in [-0.15, -0.1) is 0 Å². The van der Waals surface area contributed by atoms with E-state index in [1.165, 1.54) is 12.1 Å². The molecule has 1 saturated heterocycles. The van der Waals surface area contributed by atoms with Crippen LogP contribution in [0.1, 0.15) is 25.3 Å². The van der Waals surface area contributed by atoms with E-state index >= 15 is 0 Å². The van der Waals surface area contributed by atoms with Gasteiger partial charge in [-0.1, -0.05) is 12.1 Å². The van der Waals surface area contributed by atoms with Crippen molar-refractivity contribution >= 4 is 5.69 Å². The molecule has 1 aliphatic rings. The Morgan fingerprint density at radius 3 is 2.39 bits per heavy atom. The van der Waals surface area contributed by atoms with E-state index in [-0.39, 0.29) is 5.69 Å². The maximum atomic E-state index is 13.6. The molecule has 1 aliphatic heterocycles. The first-order valence-electron chi connectivity index (χ1n) is 6.11. The van der Waals surface area contributed by atoms with Gasteiger partial charge in [0.2, 0.25) is 0 Å². The number of benzene rings is 1. The molecule has 0 unspecified atom stereocenters. The van der Waals surface area contributed by atoms with Gasteiger partial charge >= 0.3 is 0 Å². The van der Waals surface area contributed by atoms with E-state index in [1.54, 1.807) is 19.1 Å². The Kier molecular flexibility index (Phi) is 3.61. The van der Waals surface area contributed by atoms with Gasteiger partial charge in [0.05, 0.1) is 4.92 Å². The number of halogens is 1. The van der Waals surface area contributed by atoms with Crippen molar-refractivity contribution < 1.29 is 9.31 Å². The van der Waals surface area contributed by atoms with E-state index in [0.29, 0.717) is 12.8 Å². The Bertz CT molecular complexity index is 421. The van der Waals surface area contributed by atoms with Gasteiger partial charge in [0.25, 0.3) is 5.69 Å². The van der Waals surface area contributed by atoms with E-state index in [1.807, 2.05) is 0 Å². The standard InChI is InChI=1S/C13H17FN2O2/c1-13(14)6-8-15(9-7-13)10-11-2-4-12(5-3-11)16(17)18/h2-5H,6-10H2,1H3. The summed E-state index contributed by atoms with van der Waals surface area (Å²) in [6.07, 6.45) is 1.11. The van der Waals surface area contributed by atoms with Gasteiger partial charge in [0.15, 0.2) is 0 Å². The van der Waals surface area contributed by atoms with Crippen LogP contribution in [0.5, 0.6) is 0 Å². The maximum Gasteiger partial charge on any atom is 0.269 e. The van der Waals surface area contributed by atoms with Crippen LogP contribution in [-0.2, 0) is 6.54 Å². The summed E-state index contributed by atoms with van der Waals surface area (Å²) in [4.78, 5) is 12.3. The fourth-order valence-corrected chi connectivity index (χ4v) is 2.16. The molecule has 1 aromatic rings. The molecule has 4 nitrogen and oxygen atoms in total. The average molecular weight is 252 g/mol. The SMILES string of the molecule is CC1(F)CCN(Cc2ccc([N+](=O)[O-])cc2)CC1. The number of hydrogen-bond acceptors (Lipinski definition) is 3. The molecular weight excluding hydrogens is 235 g/mol. The lowest BCUT2D eigenvalue weighted by Crippen LogP contribution is -2.39. The lowest BCUT2D eigenvalue weighted by molar-refractivity contribution is -0.384. The predicted octanol–water partition coefficient (Wildman–Crippen LogP) is 2.92. The number of alkyl halides is 1. The Morgan fingerprint density at radius 1 is 1.33 bits per heavy atom. The number of non-ortho nitro benzene ring substituents is 1. The second kappa shape index (κ2) is 5.02. The van der Waals surface area contributed by atoms with Gasteiger partial charge in [-0.25, -0.2) is 4.39 Å². The summed E-state index contributed by atoms with van der Waals surface area (Å²) >= 11 is 0. The van der Waals surface area contributed by atoms with Crippen molar-refractivity contribution in [3.8, 4) is 0 Å². The molecule has 0 amide bonds. The molecule has 0 aromatic heterocycles. The minimum Gasteiger partial charge on any atom is -0.299 e. The summed E-state index contributed by atoms with van der Waals surface area (Å²) < 4.78 is 13.6. The van der Waals surface area contributed by atoms with E-state index in [2.05, 4.69) is 4.90 Å². The minimum atomic E-state index is -1.04. The fourth-order valence-electron chi connectivity index (χ4n) is 2.16. The van der Waals surface area contributed by atoms with Crippen molar-refractivity contribution in [3.63, 3.8) is 0 Å². The van der Waals surface area contributed by atoms with Crippen LogP contribution in [0.2, 0.25) is 0 Å². The number of nitrogens with zero attached hydrogens (tertiary/aromatic N) is 2. The Labute approximate surface area is 106 Å².